The first kappa shape index (κ1) is 36.5. The maximum atomic E-state index is 13.9. The molecule has 0 radical (unpaired) electrons. The normalized spacial score (nSPS) is 16.0. The Labute approximate surface area is 284 Å². The standard InChI is InChI=1S/C36H43N5O8/c1-5-6-7-10-22-13-15-23(16-14-22)26-11-8-9-12-27(26)34(43)38-29-18-17-24(19-30(29)39-35(44)49-36(2,3)4)32-28(33(37)42)20-25(40(45)46)21-31(32)41(47)48/h8-9,11-12,17-23H,5-7,10,13-16H2,1-4H3,(H2,37,42)(H,38,43)(H,39,44)/t22-,23-. The molecule has 49 heavy (non-hydrogen) atoms. The molecule has 0 aromatic heterocycles. The number of nitrogens with two attached hydrogens (primary N) is 1. The predicted octanol–water partition coefficient (Wildman–Crippen LogP) is 8.72. The number of non-ortho nitro benzene ring substituents is 1. The van der Waals surface area contributed by atoms with Crippen LogP contribution >= 0.6 is 0 Å². The lowest BCUT2D eigenvalue weighted by Gasteiger charge is -2.30. The molecule has 3 aromatic carbocycles. The van der Waals surface area contributed by atoms with Crippen LogP contribution in [0.25, 0.3) is 11.1 Å². The van der Waals surface area contributed by atoms with E-state index in [-0.39, 0.29) is 28.4 Å². The van der Waals surface area contributed by atoms with Crippen molar-refractivity contribution in [3.8, 4) is 11.1 Å². The maximum absolute atomic E-state index is 13.9. The number of primary amides is 1. The fourth-order valence-corrected chi connectivity index (χ4v) is 6.38. The van der Waals surface area contributed by atoms with Crippen LogP contribution in [0.4, 0.5) is 27.5 Å². The summed E-state index contributed by atoms with van der Waals surface area (Å²) in [6.07, 6.45) is 8.22. The predicted molar refractivity (Wildman–Crippen MR) is 187 cm³/mol. The van der Waals surface area contributed by atoms with Crippen LogP contribution in [0, 0.1) is 26.1 Å². The van der Waals surface area contributed by atoms with Crippen molar-refractivity contribution in [3.05, 3.63) is 91.5 Å². The highest BCUT2D eigenvalue weighted by Gasteiger charge is 2.30. The zero-order chi connectivity index (χ0) is 35.9. The van der Waals surface area contributed by atoms with Crippen molar-refractivity contribution in [2.45, 2.75) is 90.6 Å². The summed E-state index contributed by atoms with van der Waals surface area (Å²) < 4.78 is 5.42. The number of nitro benzene ring substituents is 2. The molecule has 260 valence electrons. The Kier molecular flexibility index (Phi) is 11.7. The first-order valence-electron chi connectivity index (χ1n) is 16.5. The Morgan fingerprint density at radius 1 is 0.878 bits per heavy atom. The minimum Gasteiger partial charge on any atom is -0.444 e. The number of ether oxygens (including phenoxy) is 1. The van der Waals surface area contributed by atoms with E-state index < -0.39 is 50.3 Å². The first-order chi connectivity index (χ1) is 23.2. The molecule has 0 atom stereocenters. The molecule has 0 bridgehead atoms. The SMILES string of the molecule is CCCCC[C@H]1CC[C@H](c2ccccc2C(=O)Nc2ccc(-c3c(C(N)=O)cc([N+](=O)[O-])cc3[N+](=O)[O-])cc2NC(=O)OC(C)(C)C)CC1. The van der Waals surface area contributed by atoms with E-state index in [1.165, 1.54) is 43.9 Å². The molecule has 1 fully saturated rings. The number of unbranched alkanes of at least 4 members (excludes halogenated alkanes) is 2. The summed E-state index contributed by atoms with van der Waals surface area (Å²) in [6.45, 7) is 7.20. The third-order valence-corrected chi connectivity index (χ3v) is 8.68. The molecule has 13 heteroatoms. The summed E-state index contributed by atoms with van der Waals surface area (Å²) in [7, 11) is 0. The zero-order valence-corrected chi connectivity index (χ0v) is 28.2. The Morgan fingerprint density at radius 3 is 2.18 bits per heavy atom. The van der Waals surface area contributed by atoms with Crippen molar-refractivity contribution >= 4 is 40.7 Å². The van der Waals surface area contributed by atoms with Crippen molar-refractivity contribution < 1.29 is 29.0 Å². The van der Waals surface area contributed by atoms with Gasteiger partial charge >= 0.3 is 6.09 Å². The van der Waals surface area contributed by atoms with Crippen LogP contribution < -0.4 is 16.4 Å². The smallest absolute Gasteiger partial charge is 0.412 e. The maximum Gasteiger partial charge on any atom is 0.412 e. The van der Waals surface area contributed by atoms with Crippen LogP contribution in [0.5, 0.6) is 0 Å². The molecule has 3 amide bonds. The van der Waals surface area contributed by atoms with Gasteiger partial charge in [-0.1, -0.05) is 56.9 Å². The minimum atomic E-state index is -1.13. The summed E-state index contributed by atoms with van der Waals surface area (Å²) in [5.41, 5.74) is 4.09. The van der Waals surface area contributed by atoms with Crippen LogP contribution in [0.15, 0.2) is 54.6 Å². The van der Waals surface area contributed by atoms with Gasteiger partial charge in [0.15, 0.2) is 0 Å². The minimum absolute atomic E-state index is 0.00763. The Morgan fingerprint density at radius 2 is 1.57 bits per heavy atom. The molecule has 13 nitrogen and oxygen atoms in total. The molecule has 4 N–H and O–H groups in total. The van der Waals surface area contributed by atoms with Gasteiger partial charge < -0.3 is 15.8 Å². The second kappa shape index (κ2) is 15.7. The van der Waals surface area contributed by atoms with Gasteiger partial charge in [-0.05, 0) is 87.6 Å². The number of nitrogens with one attached hydrogen (secondary N) is 2. The Hall–Kier alpha value is -5.33. The van der Waals surface area contributed by atoms with Gasteiger partial charge in [0, 0.05) is 11.6 Å². The van der Waals surface area contributed by atoms with Crippen LogP contribution in [0.1, 0.15) is 111 Å². The highest BCUT2D eigenvalue weighted by atomic mass is 16.6. The molecular formula is C36H43N5O8. The molecule has 0 spiro atoms. The second-order valence-corrected chi connectivity index (χ2v) is 13.4. The molecule has 1 aliphatic carbocycles. The number of hydrogen-bond acceptors (Lipinski definition) is 8. The van der Waals surface area contributed by atoms with Crippen LogP contribution in [0.2, 0.25) is 0 Å². The number of benzene rings is 3. The summed E-state index contributed by atoms with van der Waals surface area (Å²) in [6, 6.07) is 13.1. The third-order valence-electron chi connectivity index (χ3n) is 8.68. The summed E-state index contributed by atoms with van der Waals surface area (Å²) >= 11 is 0. The largest absolute Gasteiger partial charge is 0.444 e. The number of carbonyl (C=O) groups excluding carboxylic acids is 3. The number of carbonyl (C=O) groups is 3. The number of amides is 3. The van der Waals surface area contributed by atoms with Gasteiger partial charge in [-0.2, -0.15) is 0 Å². The molecule has 0 saturated heterocycles. The van der Waals surface area contributed by atoms with E-state index >= 15 is 0 Å². The third kappa shape index (κ3) is 9.40. The van der Waals surface area contributed by atoms with E-state index in [1.54, 1.807) is 32.9 Å². The molecule has 0 unspecified atom stereocenters. The van der Waals surface area contributed by atoms with Gasteiger partial charge in [0.1, 0.15) is 5.60 Å². The van der Waals surface area contributed by atoms with Gasteiger partial charge in [-0.25, -0.2) is 4.79 Å². The molecule has 1 saturated carbocycles. The Balaban J connectivity index is 1.71. The molecule has 4 rings (SSSR count). The molecule has 0 aliphatic heterocycles. The summed E-state index contributed by atoms with van der Waals surface area (Å²) in [5, 5.41) is 29.0. The lowest BCUT2D eigenvalue weighted by atomic mass is 9.76. The van der Waals surface area contributed by atoms with E-state index in [1.807, 2.05) is 12.1 Å². The van der Waals surface area contributed by atoms with Crippen molar-refractivity contribution in [1.82, 2.24) is 0 Å². The lowest BCUT2D eigenvalue weighted by Crippen LogP contribution is -2.27. The average molecular weight is 674 g/mol. The van der Waals surface area contributed by atoms with Gasteiger partial charge in [-0.3, -0.25) is 35.1 Å². The van der Waals surface area contributed by atoms with E-state index in [2.05, 4.69) is 17.6 Å². The molecule has 0 heterocycles. The zero-order valence-electron chi connectivity index (χ0n) is 28.2. The molecular weight excluding hydrogens is 630 g/mol. The lowest BCUT2D eigenvalue weighted by molar-refractivity contribution is -0.393. The van der Waals surface area contributed by atoms with Gasteiger partial charge in [0.25, 0.3) is 17.3 Å². The van der Waals surface area contributed by atoms with Gasteiger partial charge in [0.2, 0.25) is 5.91 Å². The number of anilines is 2. The number of nitro groups is 2. The van der Waals surface area contributed by atoms with E-state index in [0.717, 1.165) is 43.4 Å². The molecule has 3 aromatic rings. The highest BCUT2D eigenvalue weighted by molar-refractivity contribution is 6.09. The van der Waals surface area contributed by atoms with E-state index in [0.29, 0.717) is 11.5 Å². The number of nitrogens with zero attached hydrogens (tertiary/aromatic N) is 2. The Bertz CT molecular complexity index is 1710. The summed E-state index contributed by atoms with van der Waals surface area (Å²) in [5.74, 6) is -0.626. The fraction of sp³-hybridized carbons (Fsp3) is 0.417. The quantitative estimate of drug-likeness (QED) is 0.0963. The van der Waals surface area contributed by atoms with Gasteiger partial charge in [-0.15, -0.1) is 0 Å². The molecule has 1 aliphatic rings. The number of rotatable bonds is 12. The highest BCUT2D eigenvalue weighted by Crippen LogP contribution is 2.41. The fourth-order valence-electron chi connectivity index (χ4n) is 6.38. The van der Waals surface area contributed by atoms with Crippen LogP contribution in [-0.2, 0) is 4.74 Å². The van der Waals surface area contributed by atoms with Gasteiger partial charge in [0.05, 0.1) is 38.4 Å². The average Bonchev–Trinajstić information content (AvgIpc) is 3.04. The first-order valence-corrected chi connectivity index (χ1v) is 16.5. The summed E-state index contributed by atoms with van der Waals surface area (Å²) in [4.78, 5) is 61.0. The number of hydrogen-bond donors (Lipinski definition) is 3. The van der Waals surface area contributed by atoms with Crippen LogP contribution in [0.3, 0.4) is 0 Å². The van der Waals surface area contributed by atoms with Crippen molar-refractivity contribution in [2.24, 2.45) is 11.7 Å². The van der Waals surface area contributed by atoms with Crippen molar-refractivity contribution in [1.29, 1.82) is 0 Å². The van der Waals surface area contributed by atoms with Crippen molar-refractivity contribution in [2.75, 3.05) is 10.6 Å². The van der Waals surface area contributed by atoms with E-state index in [9.17, 15) is 34.6 Å². The monoisotopic (exact) mass is 673 g/mol. The van der Waals surface area contributed by atoms with Crippen molar-refractivity contribution in [3.63, 3.8) is 0 Å². The van der Waals surface area contributed by atoms with Crippen LogP contribution in [-0.4, -0.2) is 33.4 Å². The topological polar surface area (TPSA) is 197 Å². The second-order valence-electron chi connectivity index (χ2n) is 13.4. The van der Waals surface area contributed by atoms with E-state index in [4.69, 9.17) is 10.5 Å².